The highest BCUT2D eigenvalue weighted by molar-refractivity contribution is 9.10. The molecule has 0 amide bonds. The molecule has 0 saturated heterocycles. The van der Waals surface area contributed by atoms with Crippen LogP contribution >= 0.6 is 15.9 Å². The molecule has 0 aliphatic heterocycles. The van der Waals surface area contributed by atoms with Crippen molar-refractivity contribution >= 4 is 22.2 Å². The van der Waals surface area contributed by atoms with E-state index in [1.807, 2.05) is 18.2 Å². The van der Waals surface area contributed by atoms with Crippen LogP contribution in [0.2, 0.25) is 0 Å². The highest BCUT2D eigenvalue weighted by atomic mass is 79.9. The minimum Gasteiger partial charge on any atom is -0.488 e. The Morgan fingerprint density at radius 3 is 2.58 bits per heavy atom. The van der Waals surface area contributed by atoms with Gasteiger partial charge in [0.1, 0.15) is 12.4 Å². The van der Waals surface area contributed by atoms with Gasteiger partial charge in [0, 0.05) is 4.47 Å². The molecule has 2 aromatic rings. The molecule has 0 atom stereocenters. The van der Waals surface area contributed by atoms with Crippen molar-refractivity contribution in [1.29, 1.82) is 5.26 Å². The summed E-state index contributed by atoms with van der Waals surface area (Å²) in [5, 5.41) is 8.71. The van der Waals surface area contributed by atoms with Gasteiger partial charge in [0.15, 0.2) is 6.29 Å². The Kier molecular flexibility index (Phi) is 4.32. The zero-order valence-corrected chi connectivity index (χ0v) is 11.6. The first-order valence-electron chi connectivity index (χ1n) is 5.59. The summed E-state index contributed by atoms with van der Waals surface area (Å²) in [4.78, 5) is 10.9. The molecule has 0 saturated carbocycles. The van der Waals surface area contributed by atoms with Gasteiger partial charge in [-0.2, -0.15) is 5.26 Å². The second-order valence-electron chi connectivity index (χ2n) is 3.90. The van der Waals surface area contributed by atoms with Gasteiger partial charge in [0.25, 0.3) is 0 Å². The number of hydrogen-bond donors (Lipinski definition) is 0. The number of rotatable bonds is 4. The van der Waals surface area contributed by atoms with E-state index in [0.29, 0.717) is 23.5 Å². The molecule has 0 radical (unpaired) electrons. The first kappa shape index (κ1) is 13.3. The molecular formula is C15H10BrNO2. The Morgan fingerprint density at radius 2 is 1.95 bits per heavy atom. The van der Waals surface area contributed by atoms with Crippen LogP contribution in [-0.2, 0) is 6.61 Å². The predicted octanol–water partition coefficient (Wildman–Crippen LogP) is 3.71. The van der Waals surface area contributed by atoms with Gasteiger partial charge in [-0.15, -0.1) is 0 Å². The molecule has 2 rings (SSSR count). The smallest absolute Gasteiger partial charge is 0.153 e. The molecule has 4 heteroatoms. The second-order valence-corrected chi connectivity index (χ2v) is 4.81. The fourth-order valence-electron chi connectivity index (χ4n) is 1.58. The summed E-state index contributed by atoms with van der Waals surface area (Å²) in [5.41, 5.74) is 2.06. The van der Waals surface area contributed by atoms with Crippen LogP contribution in [-0.4, -0.2) is 6.29 Å². The van der Waals surface area contributed by atoms with Gasteiger partial charge in [-0.3, -0.25) is 4.79 Å². The topological polar surface area (TPSA) is 50.1 Å². The molecular weight excluding hydrogens is 306 g/mol. The maximum absolute atomic E-state index is 10.9. The SMILES string of the molecule is N#Cc1ccc(COc2ccc(Br)cc2C=O)cc1. The third kappa shape index (κ3) is 3.43. The average molecular weight is 316 g/mol. The minimum absolute atomic E-state index is 0.355. The Morgan fingerprint density at radius 1 is 1.21 bits per heavy atom. The van der Waals surface area contributed by atoms with Crippen LogP contribution in [0.3, 0.4) is 0 Å². The molecule has 19 heavy (non-hydrogen) atoms. The molecule has 0 heterocycles. The van der Waals surface area contributed by atoms with Crippen LogP contribution in [0, 0.1) is 11.3 Å². The fourth-order valence-corrected chi connectivity index (χ4v) is 1.96. The van der Waals surface area contributed by atoms with E-state index in [1.165, 1.54) is 0 Å². The first-order chi connectivity index (χ1) is 9.22. The van der Waals surface area contributed by atoms with Crippen molar-refractivity contribution < 1.29 is 9.53 Å². The molecule has 0 aliphatic carbocycles. The van der Waals surface area contributed by atoms with Gasteiger partial charge >= 0.3 is 0 Å². The number of nitrogens with zero attached hydrogens (tertiary/aromatic N) is 1. The zero-order valence-electron chi connectivity index (χ0n) is 9.97. The number of ether oxygens (including phenoxy) is 1. The molecule has 0 N–H and O–H groups in total. The van der Waals surface area contributed by atoms with Gasteiger partial charge in [-0.25, -0.2) is 0 Å². The lowest BCUT2D eigenvalue weighted by Gasteiger charge is -2.08. The lowest BCUT2D eigenvalue weighted by molar-refractivity contribution is 0.111. The van der Waals surface area contributed by atoms with E-state index in [0.717, 1.165) is 16.3 Å². The summed E-state index contributed by atoms with van der Waals surface area (Å²) in [6.07, 6.45) is 0.763. The Labute approximate surface area is 119 Å². The Bertz CT molecular complexity index is 630. The number of aldehydes is 1. The van der Waals surface area contributed by atoms with Crippen LogP contribution in [0.25, 0.3) is 0 Å². The normalized spacial score (nSPS) is 9.68. The number of carbonyl (C=O) groups excluding carboxylic acids is 1. The van der Waals surface area contributed by atoms with E-state index < -0.39 is 0 Å². The summed E-state index contributed by atoms with van der Waals surface area (Å²) in [6, 6.07) is 14.5. The average Bonchev–Trinajstić information content (AvgIpc) is 2.46. The summed E-state index contributed by atoms with van der Waals surface area (Å²) >= 11 is 3.30. The third-order valence-corrected chi connectivity index (χ3v) is 3.07. The lowest BCUT2D eigenvalue weighted by atomic mass is 10.1. The van der Waals surface area contributed by atoms with Gasteiger partial charge in [0.05, 0.1) is 17.2 Å². The second kappa shape index (κ2) is 6.17. The van der Waals surface area contributed by atoms with Crippen molar-refractivity contribution in [3.63, 3.8) is 0 Å². The van der Waals surface area contributed by atoms with Crippen molar-refractivity contribution in [3.8, 4) is 11.8 Å². The molecule has 0 fully saturated rings. The number of halogens is 1. The molecule has 0 aromatic heterocycles. The highest BCUT2D eigenvalue weighted by Gasteiger charge is 2.04. The van der Waals surface area contributed by atoms with Crippen LogP contribution in [0.1, 0.15) is 21.5 Å². The summed E-state index contributed by atoms with van der Waals surface area (Å²) in [6.45, 7) is 0.355. The molecule has 0 spiro atoms. The summed E-state index contributed by atoms with van der Waals surface area (Å²) < 4.78 is 6.44. The van der Waals surface area contributed by atoms with Gasteiger partial charge in [-0.1, -0.05) is 28.1 Å². The van der Waals surface area contributed by atoms with Crippen LogP contribution in [0.4, 0.5) is 0 Å². The monoisotopic (exact) mass is 315 g/mol. The van der Waals surface area contributed by atoms with Crippen molar-refractivity contribution in [3.05, 3.63) is 63.6 Å². The van der Waals surface area contributed by atoms with E-state index in [-0.39, 0.29) is 0 Å². The number of carbonyl (C=O) groups is 1. The molecule has 0 bridgehead atoms. The van der Waals surface area contributed by atoms with Gasteiger partial charge < -0.3 is 4.74 Å². The number of nitriles is 1. The van der Waals surface area contributed by atoms with E-state index in [4.69, 9.17) is 10.00 Å². The van der Waals surface area contributed by atoms with E-state index in [2.05, 4.69) is 22.0 Å². The Balaban J connectivity index is 2.10. The fraction of sp³-hybridized carbons (Fsp3) is 0.0667. The highest BCUT2D eigenvalue weighted by Crippen LogP contribution is 2.22. The van der Waals surface area contributed by atoms with Crippen LogP contribution < -0.4 is 4.74 Å². The standard InChI is InChI=1S/C15H10BrNO2/c16-14-5-6-15(13(7-14)9-18)19-10-12-3-1-11(8-17)2-4-12/h1-7,9H,10H2. The lowest BCUT2D eigenvalue weighted by Crippen LogP contribution is -1.98. The summed E-state index contributed by atoms with van der Waals surface area (Å²) in [7, 11) is 0. The first-order valence-corrected chi connectivity index (χ1v) is 6.39. The molecule has 3 nitrogen and oxygen atoms in total. The van der Waals surface area contributed by atoms with Gasteiger partial charge in [-0.05, 0) is 35.9 Å². The maximum atomic E-state index is 10.9. The van der Waals surface area contributed by atoms with Crippen molar-refractivity contribution in [1.82, 2.24) is 0 Å². The predicted molar refractivity (Wildman–Crippen MR) is 75.0 cm³/mol. The molecule has 0 unspecified atom stereocenters. The molecule has 2 aromatic carbocycles. The quantitative estimate of drug-likeness (QED) is 0.808. The van der Waals surface area contributed by atoms with Gasteiger partial charge in [0.2, 0.25) is 0 Å². The number of hydrogen-bond acceptors (Lipinski definition) is 3. The molecule has 0 aliphatic rings. The minimum atomic E-state index is 0.355. The third-order valence-electron chi connectivity index (χ3n) is 2.58. The van der Waals surface area contributed by atoms with Crippen molar-refractivity contribution in [2.75, 3.05) is 0 Å². The van der Waals surface area contributed by atoms with E-state index in [1.54, 1.807) is 24.3 Å². The number of benzene rings is 2. The largest absolute Gasteiger partial charge is 0.488 e. The van der Waals surface area contributed by atoms with E-state index in [9.17, 15) is 4.79 Å². The van der Waals surface area contributed by atoms with E-state index >= 15 is 0 Å². The zero-order chi connectivity index (χ0) is 13.7. The van der Waals surface area contributed by atoms with Crippen LogP contribution in [0.5, 0.6) is 5.75 Å². The summed E-state index contributed by atoms with van der Waals surface area (Å²) in [5.74, 6) is 0.544. The van der Waals surface area contributed by atoms with Crippen LogP contribution in [0.15, 0.2) is 46.9 Å². The Hall–Kier alpha value is -2.12. The van der Waals surface area contributed by atoms with Crippen molar-refractivity contribution in [2.45, 2.75) is 6.61 Å². The van der Waals surface area contributed by atoms with Crippen molar-refractivity contribution in [2.24, 2.45) is 0 Å². The molecule has 94 valence electrons. The maximum Gasteiger partial charge on any atom is 0.153 e.